The molecule has 5 heteroatoms. The normalized spacial score (nSPS) is 11.4. The number of carboxylic acid groups (broad SMARTS) is 1. The highest BCUT2D eigenvalue weighted by Crippen LogP contribution is 2.26. The first-order valence-electron chi connectivity index (χ1n) is 7.70. The number of carboxylic acids is 1. The molecule has 0 aliphatic heterocycles. The maximum Gasteiger partial charge on any atom is 0.335 e. The molecule has 120 valence electrons. The second-order valence-electron chi connectivity index (χ2n) is 5.88. The lowest BCUT2D eigenvalue weighted by Crippen LogP contribution is -1.95. The highest BCUT2D eigenvalue weighted by Gasteiger charge is 2.10. The molecule has 2 aromatic carbocycles. The molecule has 4 rings (SSSR count). The van der Waals surface area contributed by atoms with E-state index in [0.717, 1.165) is 39.3 Å². The fraction of sp³-hybridized carbons (Fsp3) is 0.105. The summed E-state index contributed by atoms with van der Waals surface area (Å²) in [7, 11) is 0. The van der Waals surface area contributed by atoms with Crippen molar-refractivity contribution in [1.29, 1.82) is 0 Å². The number of hydrogen-bond donors (Lipinski definition) is 3. The minimum atomic E-state index is -0.898. The molecule has 0 aliphatic carbocycles. The summed E-state index contributed by atoms with van der Waals surface area (Å²) in [4.78, 5) is 17.7. The lowest BCUT2D eigenvalue weighted by molar-refractivity contribution is 0.0697. The quantitative estimate of drug-likeness (QED) is 0.469. The van der Waals surface area contributed by atoms with Crippen LogP contribution >= 0.6 is 15.9 Å². The number of aromatic carboxylic acids is 1. The Morgan fingerprint density at radius 3 is 2.12 bits per heavy atom. The van der Waals surface area contributed by atoms with Gasteiger partial charge < -0.3 is 15.1 Å². The highest BCUT2D eigenvalue weighted by molar-refractivity contribution is 9.10. The van der Waals surface area contributed by atoms with Gasteiger partial charge in [0.15, 0.2) is 0 Å². The van der Waals surface area contributed by atoms with Gasteiger partial charge in [-0.05, 0) is 60.4 Å². The summed E-state index contributed by atoms with van der Waals surface area (Å²) in [6.07, 6.45) is 5.76. The van der Waals surface area contributed by atoms with Crippen LogP contribution in [0.15, 0.2) is 53.3 Å². The smallest absolute Gasteiger partial charge is 0.335 e. The van der Waals surface area contributed by atoms with Gasteiger partial charge in [-0.15, -0.1) is 0 Å². The number of aryl methyl sites for hydroxylation is 2. The third kappa shape index (κ3) is 2.61. The standard InChI is InChI=1S/C19H15BrN2O2/c20-14-4-6-18-16(8-14)13(10-22-18)2-1-12-9-21-17-5-3-11(19(23)24)7-15(12)17/h3-10,21-22H,1-2H2,(H,23,24). The van der Waals surface area contributed by atoms with E-state index in [1.54, 1.807) is 12.1 Å². The number of nitrogens with one attached hydrogen (secondary N) is 2. The van der Waals surface area contributed by atoms with Gasteiger partial charge in [0.25, 0.3) is 0 Å². The average Bonchev–Trinajstić information content (AvgIpc) is 3.15. The summed E-state index contributed by atoms with van der Waals surface area (Å²) in [5, 5.41) is 11.4. The van der Waals surface area contributed by atoms with Crippen molar-refractivity contribution >= 4 is 43.7 Å². The SMILES string of the molecule is O=C(O)c1ccc2[nH]cc(CCc3c[nH]c4ccc(Br)cc34)c2c1. The van der Waals surface area contributed by atoms with Gasteiger partial charge in [-0.2, -0.15) is 0 Å². The maximum absolute atomic E-state index is 11.2. The number of hydrogen-bond acceptors (Lipinski definition) is 1. The van der Waals surface area contributed by atoms with Crippen molar-refractivity contribution in [3.63, 3.8) is 0 Å². The summed E-state index contributed by atoms with van der Waals surface area (Å²) < 4.78 is 1.06. The van der Waals surface area contributed by atoms with Crippen LogP contribution in [0, 0.1) is 0 Å². The van der Waals surface area contributed by atoms with Gasteiger partial charge in [-0.1, -0.05) is 15.9 Å². The van der Waals surface area contributed by atoms with E-state index in [1.807, 2.05) is 18.3 Å². The zero-order valence-corrected chi connectivity index (χ0v) is 14.4. The second kappa shape index (κ2) is 5.83. The summed E-state index contributed by atoms with van der Waals surface area (Å²) >= 11 is 3.52. The number of benzene rings is 2. The molecule has 0 saturated carbocycles. The number of aromatic amines is 2. The monoisotopic (exact) mass is 382 g/mol. The van der Waals surface area contributed by atoms with Crippen LogP contribution in [0.4, 0.5) is 0 Å². The Hall–Kier alpha value is -2.53. The van der Waals surface area contributed by atoms with Gasteiger partial charge in [0.2, 0.25) is 0 Å². The third-order valence-electron chi connectivity index (χ3n) is 4.41. The van der Waals surface area contributed by atoms with Crippen LogP contribution in [0.2, 0.25) is 0 Å². The molecule has 24 heavy (non-hydrogen) atoms. The number of rotatable bonds is 4. The first-order chi connectivity index (χ1) is 11.6. The Morgan fingerprint density at radius 1 is 0.917 bits per heavy atom. The zero-order chi connectivity index (χ0) is 16.7. The predicted molar refractivity (Wildman–Crippen MR) is 98.7 cm³/mol. The molecule has 0 radical (unpaired) electrons. The van der Waals surface area contributed by atoms with Crippen LogP contribution < -0.4 is 0 Å². The summed E-state index contributed by atoms with van der Waals surface area (Å²) in [5.41, 5.74) is 4.81. The molecule has 2 aromatic heterocycles. The van der Waals surface area contributed by atoms with Gasteiger partial charge in [0.1, 0.15) is 0 Å². The summed E-state index contributed by atoms with van der Waals surface area (Å²) in [5.74, 6) is -0.898. The Labute approximate surface area is 146 Å². The van der Waals surface area contributed by atoms with E-state index in [-0.39, 0.29) is 0 Å². The van der Waals surface area contributed by atoms with Gasteiger partial charge in [-0.25, -0.2) is 4.79 Å². The molecule has 0 fully saturated rings. The van der Waals surface area contributed by atoms with Crippen LogP contribution in [-0.4, -0.2) is 21.0 Å². The molecule has 2 heterocycles. The highest BCUT2D eigenvalue weighted by atomic mass is 79.9. The van der Waals surface area contributed by atoms with Gasteiger partial charge in [0, 0.05) is 38.7 Å². The fourth-order valence-electron chi connectivity index (χ4n) is 3.15. The van der Waals surface area contributed by atoms with Gasteiger partial charge in [0.05, 0.1) is 5.56 Å². The lowest BCUT2D eigenvalue weighted by Gasteiger charge is -2.01. The van der Waals surface area contributed by atoms with E-state index in [1.165, 1.54) is 10.9 Å². The number of H-pyrrole nitrogens is 2. The molecule has 0 aliphatic rings. The van der Waals surface area contributed by atoms with E-state index >= 15 is 0 Å². The number of carbonyl (C=O) groups is 1. The molecular formula is C19H15BrN2O2. The van der Waals surface area contributed by atoms with Crippen molar-refractivity contribution in [2.24, 2.45) is 0 Å². The fourth-order valence-corrected chi connectivity index (χ4v) is 3.51. The Morgan fingerprint density at radius 2 is 1.50 bits per heavy atom. The number of halogens is 1. The van der Waals surface area contributed by atoms with Crippen LogP contribution in [0.5, 0.6) is 0 Å². The van der Waals surface area contributed by atoms with Crippen molar-refractivity contribution in [2.45, 2.75) is 12.8 Å². The van der Waals surface area contributed by atoms with E-state index in [4.69, 9.17) is 0 Å². The second-order valence-corrected chi connectivity index (χ2v) is 6.80. The molecule has 4 aromatic rings. The Balaban J connectivity index is 1.65. The van der Waals surface area contributed by atoms with E-state index < -0.39 is 5.97 Å². The van der Waals surface area contributed by atoms with Crippen LogP contribution in [0.1, 0.15) is 21.5 Å². The minimum Gasteiger partial charge on any atom is -0.478 e. The zero-order valence-electron chi connectivity index (χ0n) is 12.8. The third-order valence-corrected chi connectivity index (χ3v) is 4.90. The first kappa shape index (κ1) is 15.0. The molecule has 0 saturated heterocycles. The van der Waals surface area contributed by atoms with Crippen molar-refractivity contribution in [1.82, 2.24) is 9.97 Å². The molecule has 0 unspecified atom stereocenters. The van der Waals surface area contributed by atoms with Gasteiger partial charge >= 0.3 is 5.97 Å². The van der Waals surface area contributed by atoms with Crippen molar-refractivity contribution in [3.05, 3.63) is 70.0 Å². The van der Waals surface area contributed by atoms with Crippen molar-refractivity contribution in [2.75, 3.05) is 0 Å². The minimum absolute atomic E-state index is 0.319. The van der Waals surface area contributed by atoms with E-state index in [0.29, 0.717) is 5.56 Å². The van der Waals surface area contributed by atoms with Crippen LogP contribution in [0.25, 0.3) is 21.8 Å². The van der Waals surface area contributed by atoms with Gasteiger partial charge in [-0.3, -0.25) is 0 Å². The largest absolute Gasteiger partial charge is 0.478 e. The van der Waals surface area contributed by atoms with E-state index in [2.05, 4.69) is 44.2 Å². The van der Waals surface area contributed by atoms with Crippen LogP contribution in [-0.2, 0) is 12.8 Å². The van der Waals surface area contributed by atoms with Crippen LogP contribution in [0.3, 0.4) is 0 Å². The Bertz CT molecular complexity index is 1060. The molecule has 0 atom stereocenters. The molecule has 0 bridgehead atoms. The average molecular weight is 383 g/mol. The maximum atomic E-state index is 11.2. The molecule has 0 amide bonds. The topological polar surface area (TPSA) is 68.9 Å². The van der Waals surface area contributed by atoms with Crippen molar-refractivity contribution in [3.8, 4) is 0 Å². The number of aromatic nitrogens is 2. The van der Waals surface area contributed by atoms with E-state index in [9.17, 15) is 9.90 Å². The Kier molecular flexibility index (Phi) is 3.65. The predicted octanol–water partition coefficient (Wildman–Crippen LogP) is 4.90. The van der Waals surface area contributed by atoms with Crippen molar-refractivity contribution < 1.29 is 9.90 Å². The lowest BCUT2D eigenvalue weighted by atomic mass is 10.0. The summed E-state index contributed by atoms with van der Waals surface area (Å²) in [6.45, 7) is 0. The molecule has 4 nitrogen and oxygen atoms in total. The molecule has 3 N–H and O–H groups in total. The summed E-state index contributed by atoms with van der Waals surface area (Å²) in [6, 6.07) is 11.4. The molecular weight excluding hydrogens is 368 g/mol. The first-order valence-corrected chi connectivity index (χ1v) is 8.50. The number of fused-ring (bicyclic) bond motifs is 2. The molecule has 0 spiro atoms.